The molecular weight excluding hydrogens is 365 g/mol. The maximum atomic E-state index is 13.7. The predicted molar refractivity (Wildman–Crippen MR) is 79.7 cm³/mol. The zero-order chi connectivity index (χ0) is 16.4. The summed E-state index contributed by atoms with van der Waals surface area (Å²) < 4.78 is 45.6. The molecule has 118 valence electrons. The van der Waals surface area contributed by atoms with Gasteiger partial charge in [-0.05, 0) is 23.6 Å². The summed E-state index contributed by atoms with van der Waals surface area (Å²) in [6.07, 6.45) is 0. The van der Waals surface area contributed by atoms with Crippen LogP contribution in [0.2, 0.25) is 0 Å². The van der Waals surface area contributed by atoms with Crippen LogP contribution in [0.3, 0.4) is 0 Å². The van der Waals surface area contributed by atoms with Gasteiger partial charge in [0.15, 0.2) is 0 Å². The first-order valence-electron chi connectivity index (χ1n) is 6.04. The Labute approximate surface area is 132 Å². The van der Waals surface area contributed by atoms with Crippen LogP contribution in [0.15, 0.2) is 27.6 Å². The van der Waals surface area contributed by atoms with Crippen LogP contribution in [-0.2, 0) is 19.6 Å². The first-order valence-corrected chi connectivity index (χ1v) is 8.32. The van der Waals surface area contributed by atoms with Gasteiger partial charge >= 0.3 is 5.97 Å². The minimum absolute atomic E-state index is 0.412. The number of methoxy groups -OCH3 is 1. The molecule has 1 N–H and O–H groups in total. The van der Waals surface area contributed by atoms with Gasteiger partial charge in [-0.15, -0.1) is 0 Å². The average Bonchev–Trinajstić information content (AvgIpc) is 2.36. The highest BCUT2D eigenvalue weighted by atomic mass is 79.9. The van der Waals surface area contributed by atoms with Crippen LogP contribution in [0.5, 0.6) is 0 Å². The maximum Gasteiger partial charge on any atom is 0.324 e. The number of esters is 1. The molecule has 0 fully saturated rings. The van der Waals surface area contributed by atoms with Crippen molar-refractivity contribution in [3.05, 3.63) is 28.5 Å². The fraction of sp³-hybridized carbons (Fsp3) is 0.462. The fourth-order valence-corrected chi connectivity index (χ4v) is 3.60. The van der Waals surface area contributed by atoms with E-state index in [4.69, 9.17) is 0 Å². The number of benzene rings is 1. The number of sulfonamides is 1. The van der Waals surface area contributed by atoms with Gasteiger partial charge in [0.25, 0.3) is 0 Å². The quantitative estimate of drug-likeness (QED) is 0.812. The highest BCUT2D eigenvalue weighted by Crippen LogP contribution is 2.25. The number of halogens is 2. The maximum absolute atomic E-state index is 13.7. The normalized spacial score (nSPS) is 13.8. The topological polar surface area (TPSA) is 72.5 Å². The molecule has 1 aromatic carbocycles. The number of rotatable bonds is 4. The van der Waals surface area contributed by atoms with Crippen LogP contribution in [0.4, 0.5) is 4.39 Å². The van der Waals surface area contributed by atoms with Crippen LogP contribution in [0.1, 0.15) is 20.8 Å². The molecule has 1 aromatic rings. The largest absolute Gasteiger partial charge is 0.468 e. The molecule has 1 atom stereocenters. The molecule has 0 heterocycles. The third-order valence-corrected chi connectivity index (χ3v) is 4.69. The van der Waals surface area contributed by atoms with Crippen LogP contribution in [0, 0.1) is 11.2 Å². The Morgan fingerprint density at radius 3 is 2.43 bits per heavy atom. The molecule has 0 aromatic heterocycles. The summed E-state index contributed by atoms with van der Waals surface area (Å²) in [6.45, 7) is 5.02. The predicted octanol–water partition coefficient (Wildman–Crippen LogP) is 2.45. The number of carbonyl (C=O) groups excluding carboxylic acids is 1. The molecule has 0 aliphatic carbocycles. The van der Waals surface area contributed by atoms with Gasteiger partial charge in [0, 0.05) is 4.47 Å². The highest BCUT2D eigenvalue weighted by Gasteiger charge is 2.37. The van der Waals surface area contributed by atoms with E-state index in [1.165, 1.54) is 6.07 Å². The van der Waals surface area contributed by atoms with E-state index in [0.717, 1.165) is 19.2 Å². The van der Waals surface area contributed by atoms with Gasteiger partial charge in [0.1, 0.15) is 16.8 Å². The Kier molecular flexibility index (Phi) is 5.51. The molecule has 0 saturated carbocycles. The van der Waals surface area contributed by atoms with E-state index in [0.29, 0.717) is 4.47 Å². The van der Waals surface area contributed by atoms with Crippen molar-refractivity contribution in [2.24, 2.45) is 5.41 Å². The summed E-state index contributed by atoms with van der Waals surface area (Å²) in [4.78, 5) is 11.2. The molecule has 0 saturated heterocycles. The third kappa shape index (κ3) is 4.49. The molecular formula is C13H17BrFNO4S. The summed E-state index contributed by atoms with van der Waals surface area (Å²) in [5.41, 5.74) is -0.733. The van der Waals surface area contributed by atoms with Gasteiger partial charge in [-0.25, -0.2) is 12.8 Å². The van der Waals surface area contributed by atoms with Gasteiger partial charge in [-0.2, -0.15) is 4.72 Å². The summed E-state index contributed by atoms with van der Waals surface area (Å²) in [7, 11) is -3.04. The Balaban J connectivity index is 3.24. The van der Waals surface area contributed by atoms with Gasteiger partial charge in [0.05, 0.1) is 7.11 Å². The average molecular weight is 382 g/mol. The first-order chi connectivity index (χ1) is 9.49. The van der Waals surface area contributed by atoms with Crippen molar-refractivity contribution in [1.82, 2.24) is 4.72 Å². The van der Waals surface area contributed by atoms with Gasteiger partial charge < -0.3 is 4.74 Å². The molecule has 8 heteroatoms. The highest BCUT2D eigenvalue weighted by molar-refractivity contribution is 9.10. The van der Waals surface area contributed by atoms with Crippen molar-refractivity contribution < 1.29 is 22.3 Å². The van der Waals surface area contributed by atoms with E-state index in [9.17, 15) is 17.6 Å². The molecule has 0 radical (unpaired) electrons. The number of ether oxygens (including phenoxy) is 1. The van der Waals surface area contributed by atoms with Crippen molar-refractivity contribution in [2.75, 3.05) is 7.11 Å². The number of carbonyl (C=O) groups is 1. The number of hydrogen-bond donors (Lipinski definition) is 1. The Hall–Kier alpha value is -0.990. The molecule has 0 aliphatic rings. The third-order valence-electron chi connectivity index (χ3n) is 2.76. The standard InChI is InChI=1S/C13H17BrFNO4S/c1-13(2,3)11(12(17)20-4)16-21(18,19)10-7-8(14)5-6-9(10)15/h5-7,11,16H,1-4H3. The summed E-state index contributed by atoms with van der Waals surface area (Å²) in [6, 6.07) is 2.42. The second-order valence-corrected chi connectivity index (χ2v) is 8.12. The van der Waals surface area contributed by atoms with Crippen LogP contribution < -0.4 is 4.72 Å². The molecule has 5 nitrogen and oxygen atoms in total. The molecule has 21 heavy (non-hydrogen) atoms. The van der Waals surface area contributed by atoms with E-state index in [-0.39, 0.29) is 0 Å². The minimum Gasteiger partial charge on any atom is -0.468 e. The monoisotopic (exact) mass is 381 g/mol. The fourth-order valence-electron chi connectivity index (χ4n) is 1.60. The van der Waals surface area contributed by atoms with Crippen LogP contribution in [-0.4, -0.2) is 27.5 Å². The zero-order valence-electron chi connectivity index (χ0n) is 12.1. The molecule has 1 unspecified atom stereocenters. The van der Waals surface area contributed by atoms with Crippen molar-refractivity contribution in [3.8, 4) is 0 Å². The smallest absolute Gasteiger partial charge is 0.324 e. The number of hydrogen-bond acceptors (Lipinski definition) is 4. The van der Waals surface area contributed by atoms with E-state index in [1.807, 2.05) is 0 Å². The Morgan fingerprint density at radius 2 is 1.95 bits per heavy atom. The van der Waals surface area contributed by atoms with Crippen molar-refractivity contribution in [3.63, 3.8) is 0 Å². The molecule has 0 amide bonds. The Morgan fingerprint density at radius 1 is 1.38 bits per heavy atom. The van der Waals surface area contributed by atoms with Crippen molar-refractivity contribution in [2.45, 2.75) is 31.7 Å². The van der Waals surface area contributed by atoms with Gasteiger partial charge in [0.2, 0.25) is 10.0 Å². The molecule has 0 bridgehead atoms. The van der Waals surface area contributed by atoms with E-state index in [1.54, 1.807) is 20.8 Å². The lowest BCUT2D eigenvalue weighted by atomic mass is 9.87. The van der Waals surface area contributed by atoms with Crippen molar-refractivity contribution >= 4 is 31.9 Å². The zero-order valence-corrected chi connectivity index (χ0v) is 14.5. The minimum atomic E-state index is -4.21. The summed E-state index contributed by atoms with van der Waals surface area (Å²) in [5.74, 6) is -1.63. The van der Waals surface area contributed by atoms with Gasteiger partial charge in [-0.1, -0.05) is 36.7 Å². The summed E-state index contributed by atoms with van der Waals surface area (Å²) >= 11 is 3.09. The lowest BCUT2D eigenvalue weighted by Gasteiger charge is -2.28. The second kappa shape index (κ2) is 6.41. The van der Waals surface area contributed by atoms with Gasteiger partial charge in [-0.3, -0.25) is 4.79 Å². The van der Waals surface area contributed by atoms with E-state index >= 15 is 0 Å². The lowest BCUT2D eigenvalue weighted by Crippen LogP contribution is -2.49. The van der Waals surface area contributed by atoms with E-state index in [2.05, 4.69) is 25.4 Å². The second-order valence-electron chi connectivity index (χ2n) is 5.52. The molecule has 0 spiro atoms. The van der Waals surface area contributed by atoms with E-state index < -0.39 is 38.2 Å². The molecule has 0 aliphatic heterocycles. The first kappa shape index (κ1) is 18.1. The number of nitrogens with one attached hydrogen (secondary N) is 1. The lowest BCUT2D eigenvalue weighted by molar-refractivity contribution is -0.145. The van der Waals surface area contributed by atoms with Crippen LogP contribution in [0.25, 0.3) is 0 Å². The SMILES string of the molecule is COC(=O)C(NS(=O)(=O)c1cc(Br)ccc1F)C(C)(C)C. The molecule has 1 rings (SSSR count). The summed E-state index contributed by atoms with van der Waals surface area (Å²) in [5, 5.41) is 0. The Bertz CT molecular complexity index is 640. The van der Waals surface area contributed by atoms with Crippen LogP contribution >= 0.6 is 15.9 Å². The van der Waals surface area contributed by atoms with Crippen molar-refractivity contribution in [1.29, 1.82) is 0 Å².